The van der Waals surface area contributed by atoms with Crippen molar-refractivity contribution in [2.75, 3.05) is 24.6 Å². The number of carbonyl (C=O) groups is 2. The largest absolute Gasteiger partial charge is 0.376 e. The van der Waals surface area contributed by atoms with Crippen LogP contribution in [0.2, 0.25) is 0 Å². The van der Waals surface area contributed by atoms with Crippen LogP contribution in [0.3, 0.4) is 0 Å². The molecule has 1 saturated heterocycles. The number of anilines is 1. The normalized spacial score (nSPS) is 19.0. The summed E-state index contributed by atoms with van der Waals surface area (Å²) in [5.41, 5.74) is 1.49. The van der Waals surface area contributed by atoms with Crippen LogP contribution in [0.5, 0.6) is 0 Å². The Morgan fingerprint density at radius 3 is 2.44 bits per heavy atom. The molecular weight excluding hydrogens is 316 g/mol. The van der Waals surface area contributed by atoms with E-state index in [1.807, 2.05) is 12.1 Å². The van der Waals surface area contributed by atoms with Crippen LogP contribution < -0.4 is 10.2 Å². The van der Waals surface area contributed by atoms with E-state index >= 15 is 0 Å². The van der Waals surface area contributed by atoms with Crippen LogP contribution in [0.15, 0.2) is 24.3 Å². The molecule has 2 aliphatic rings. The van der Waals surface area contributed by atoms with Crippen molar-refractivity contribution in [2.24, 2.45) is 0 Å². The Labute approximate surface area is 149 Å². The molecule has 136 valence electrons. The van der Waals surface area contributed by atoms with Gasteiger partial charge in [0.25, 0.3) is 5.91 Å². The molecule has 0 spiro atoms. The minimum absolute atomic E-state index is 0.0937. The van der Waals surface area contributed by atoms with Crippen molar-refractivity contribution < 1.29 is 14.3 Å². The van der Waals surface area contributed by atoms with Crippen LogP contribution in [0, 0.1) is 0 Å². The minimum atomic E-state index is -0.0937. The quantitative estimate of drug-likeness (QED) is 0.636. The molecule has 25 heavy (non-hydrogen) atoms. The zero-order valence-corrected chi connectivity index (χ0v) is 14.8. The predicted octanol–water partition coefficient (Wildman–Crippen LogP) is 3.28. The lowest BCUT2D eigenvalue weighted by Gasteiger charge is -2.16. The highest BCUT2D eigenvalue weighted by Gasteiger charge is 2.21. The first kappa shape index (κ1) is 17.9. The summed E-state index contributed by atoms with van der Waals surface area (Å²) in [7, 11) is 0. The maximum atomic E-state index is 12.2. The van der Waals surface area contributed by atoms with Gasteiger partial charge >= 0.3 is 0 Å². The summed E-state index contributed by atoms with van der Waals surface area (Å²) < 4.78 is 5.89. The van der Waals surface area contributed by atoms with Gasteiger partial charge < -0.3 is 15.0 Å². The Bertz CT molecular complexity index is 577. The molecule has 0 aromatic heterocycles. The van der Waals surface area contributed by atoms with E-state index in [9.17, 15) is 9.59 Å². The van der Waals surface area contributed by atoms with E-state index in [2.05, 4.69) is 5.32 Å². The number of ether oxygens (including phenoxy) is 1. The smallest absolute Gasteiger partial charge is 0.251 e. The van der Waals surface area contributed by atoms with E-state index in [4.69, 9.17) is 4.74 Å². The summed E-state index contributed by atoms with van der Waals surface area (Å²) >= 11 is 0. The van der Waals surface area contributed by atoms with E-state index in [0.29, 0.717) is 31.2 Å². The topological polar surface area (TPSA) is 58.6 Å². The van der Waals surface area contributed by atoms with Crippen molar-refractivity contribution in [1.82, 2.24) is 5.32 Å². The van der Waals surface area contributed by atoms with Gasteiger partial charge in [-0.15, -0.1) is 0 Å². The number of carbonyl (C=O) groups excluding carboxylic acids is 2. The average Bonchev–Trinajstić information content (AvgIpc) is 2.90. The Morgan fingerprint density at radius 2 is 1.80 bits per heavy atom. The van der Waals surface area contributed by atoms with Gasteiger partial charge in [-0.05, 0) is 43.5 Å². The van der Waals surface area contributed by atoms with Crippen LogP contribution in [-0.2, 0) is 9.53 Å². The maximum Gasteiger partial charge on any atom is 0.251 e. The van der Waals surface area contributed by atoms with Gasteiger partial charge in [0.15, 0.2) is 0 Å². The lowest BCUT2D eigenvalue weighted by molar-refractivity contribution is -0.117. The zero-order chi connectivity index (χ0) is 17.5. The molecule has 1 aliphatic carbocycles. The van der Waals surface area contributed by atoms with Gasteiger partial charge in [0.2, 0.25) is 5.91 Å². The van der Waals surface area contributed by atoms with Gasteiger partial charge in [0.1, 0.15) is 0 Å². The van der Waals surface area contributed by atoms with Crippen molar-refractivity contribution in [3.05, 3.63) is 29.8 Å². The summed E-state index contributed by atoms with van der Waals surface area (Å²) in [6, 6.07) is 7.26. The molecular formula is C20H28N2O3. The Kier molecular flexibility index (Phi) is 6.45. The molecule has 3 rings (SSSR count). The highest BCUT2D eigenvalue weighted by Crippen LogP contribution is 2.22. The van der Waals surface area contributed by atoms with Crippen LogP contribution in [0.4, 0.5) is 5.69 Å². The Morgan fingerprint density at radius 1 is 1.08 bits per heavy atom. The summed E-state index contributed by atoms with van der Waals surface area (Å²) in [5, 5.41) is 2.91. The summed E-state index contributed by atoms with van der Waals surface area (Å²) in [5.74, 6) is 0.0663. The fraction of sp³-hybridized carbons (Fsp3) is 0.600. The third-order valence-corrected chi connectivity index (χ3v) is 5.06. The van der Waals surface area contributed by atoms with Crippen LogP contribution in [0.1, 0.15) is 61.7 Å². The average molecular weight is 344 g/mol. The standard InChI is InChI=1S/C20H28N2O3/c23-19-8-5-14-22(19)17-11-9-16(10-12-17)20(24)21-13-15-25-18-6-3-1-2-4-7-18/h9-12,18H,1-8,13-15H2,(H,21,24). The third kappa shape index (κ3) is 5.05. The predicted molar refractivity (Wildman–Crippen MR) is 97.8 cm³/mol. The monoisotopic (exact) mass is 344 g/mol. The number of nitrogens with zero attached hydrogens (tertiary/aromatic N) is 1. The molecule has 1 N–H and O–H groups in total. The second-order valence-electron chi connectivity index (χ2n) is 6.94. The second kappa shape index (κ2) is 8.99. The first-order valence-corrected chi connectivity index (χ1v) is 9.54. The van der Waals surface area contributed by atoms with E-state index < -0.39 is 0 Å². The molecule has 1 aromatic carbocycles. The molecule has 0 radical (unpaired) electrons. The van der Waals surface area contributed by atoms with Crippen LogP contribution in [-0.4, -0.2) is 37.6 Å². The van der Waals surface area contributed by atoms with Crippen molar-refractivity contribution >= 4 is 17.5 Å². The number of nitrogens with one attached hydrogen (secondary N) is 1. The van der Waals surface area contributed by atoms with Gasteiger partial charge in [-0.1, -0.05) is 25.7 Å². The maximum absolute atomic E-state index is 12.2. The number of rotatable bonds is 6. The van der Waals surface area contributed by atoms with Gasteiger partial charge in [-0.3, -0.25) is 9.59 Å². The zero-order valence-electron chi connectivity index (χ0n) is 14.8. The Balaban J connectivity index is 1.41. The fourth-order valence-corrected chi connectivity index (χ4v) is 3.61. The molecule has 2 amide bonds. The number of benzene rings is 1. The SMILES string of the molecule is O=C(NCCOC1CCCCCC1)c1ccc(N2CCCC2=O)cc1. The van der Waals surface area contributed by atoms with Crippen LogP contribution >= 0.6 is 0 Å². The first-order valence-electron chi connectivity index (χ1n) is 9.54. The van der Waals surface area contributed by atoms with Crippen molar-refractivity contribution in [2.45, 2.75) is 57.5 Å². The number of hydrogen-bond acceptors (Lipinski definition) is 3. The highest BCUT2D eigenvalue weighted by atomic mass is 16.5. The van der Waals surface area contributed by atoms with Crippen molar-refractivity contribution in [3.8, 4) is 0 Å². The highest BCUT2D eigenvalue weighted by molar-refractivity contribution is 5.97. The van der Waals surface area contributed by atoms with E-state index in [-0.39, 0.29) is 11.8 Å². The van der Waals surface area contributed by atoms with E-state index in [1.165, 1.54) is 25.7 Å². The molecule has 0 unspecified atom stereocenters. The molecule has 1 saturated carbocycles. The molecule has 1 heterocycles. The summed E-state index contributed by atoms with van der Waals surface area (Å²) in [6.45, 7) is 1.86. The second-order valence-corrected chi connectivity index (χ2v) is 6.94. The number of hydrogen-bond donors (Lipinski definition) is 1. The molecule has 1 aliphatic heterocycles. The summed E-state index contributed by atoms with van der Waals surface area (Å²) in [4.78, 5) is 25.7. The Hall–Kier alpha value is -1.88. The van der Waals surface area contributed by atoms with Gasteiger partial charge in [-0.2, -0.15) is 0 Å². The third-order valence-electron chi connectivity index (χ3n) is 5.06. The molecule has 1 aromatic rings. The number of amides is 2. The fourth-order valence-electron chi connectivity index (χ4n) is 3.61. The lowest BCUT2D eigenvalue weighted by atomic mass is 10.1. The van der Waals surface area contributed by atoms with Gasteiger partial charge in [0.05, 0.1) is 12.7 Å². The van der Waals surface area contributed by atoms with Crippen LogP contribution in [0.25, 0.3) is 0 Å². The first-order chi connectivity index (χ1) is 12.2. The van der Waals surface area contributed by atoms with Gasteiger partial charge in [0, 0.05) is 30.8 Å². The minimum Gasteiger partial charge on any atom is -0.376 e. The van der Waals surface area contributed by atoms with Crippen molar-refractivity contribution in [1.29, 1.82) is 0 Å². The van der Waals surface area contributed by atoms with Gasteiger partial charge in [-0.25, -0.2) is 0 Å². The van der Waals surface area contributed by atoms with Crippen molar-refractivity contribution in [3.63, 3.8) is 0 Å². The molecule has 2 fully saturated rings. The molecule has 0 bridgehead atoms. The van der Waals surface area contributed by atoms with E-state index in [0.717, 1.165) is 31.5 Å². The lowest BCUT2D eigenvalue weighted by Crippen LogP contribution is -2.29. The summed E-state index contributed by atoms with van der Waals surface area (Å²) in [6.07, 6.45) is 9.30. The molecule has 5 nitrogen and oxygen atoms in total. The molecule has 0 atom stereocenters. The van der Waals surface area contributed by atoms with E-state index in [1.54, 1.807) is 17.0 Å². The molecule has 5 heteroatoms.